The number of halogens is 2. The Morgan fingerprint density at radius 2 is 2.17 bits per heavy atom. The van der Waals surface area contributed by atoms with Gasteiger partial charge in [0.2, 0.25) is 0 Å². The summed E-state index contributed by atoms with van der Waals surface area (Å²) < 4.78 is 1.75. The lowest BCUT2D eigenvalue weighted by Crippen LogP contribution is -2.34. The van der Waals surface area contributed by atoms with Gasteiger partial charge in [-0.2, -0.15) is 5.10 Å². The van der Waals surface area contributed by atoms with Crippen molar-refractivity contribution >= 4 is 29.9 Å². The molecule has 2 heterocycles. The van der Waals surface area contributed by atoms with Crippen LogP contribution >= 0.6 is 24.0 Å². The van der Waals surface area contributed by atoms with E-state index in [1.807, 2.05) is 29.2 Å². The third kappa shape index (κ3) is 3.91. The Hall–Kier alpha value is -1.56. The quantitative estimate of drug-likeness (QED) is 0.902. The van der Waals surface area contributed by atoms with Crippen LogP contribution in [0.3, 0.4) is 0 Å². The first-order chi connectivity index (χ1) is 11.1. The van der Waals surface area contributed by atoms with Gasteiger partial charge in [-0.25, -0.2) is 0 Å². The predicted octanol–water partition coefficient (Wildman–Crippen LogP) is 2.82. The summed E-state index contributed by atoms with van der Waals surface area (Å²) in [5.41, 5.74) is 7.33. The Bertz CT molecular complexity index is 703. The summed E-state index contributed by atoms with van der Waals surface area (Å²) in [5, 5.41) is 5.00. The van der Waals surface area contributed by atoms with Crippen LogP contribution in [0.25, 0.3) is 0 Å². The number of rotatable bonds is 4. The molecule has 0 spiro atoms. The highest BCUT2D eigenvalue weighted by Gasteiger charge is 2.32. The van der Waals surface area contributed by atoms with Crippen molar-refractivity contribution in [3.8, 4) is 0 Å². The Balaban J connectivity index is 0.00000208. The van der Waals surface area contributed by atoms with Crippen molar-refractivity contribution in [2.24, 2.45) is 11.7 Å². The third-order valence-electron chi connectivity index (χ3n) is 4.43. The average Bonchev–Trinajstić information content (AvgIpc) is 3.15. The molecule has 5 nitrogen and oxygen atoms in total. The average molecular weight is 369 g/mol. The van der Waals surface area contributed by atoms with E-state index in [2.05, 4.69) is 12.0 Å². The second kappa shape index (κ2) is 8.01. The number of carbonyl (C=O) groups excluding carboxylic acids is 1. The van der Waals surface area contributed by atoms with E-state index in [4.69, 9.17) is 17.3 Å². The summed E-state index contributed by atoms with van der Waals surface area (Å²) >= 11 is 6.17. The Kier molecular flexibility index (Phi) is 6.27. The number of hydrogen-bond acceptors (Lipinski definition) is 3. The Labute approximate surface area is 153 Å². The molecule has 0 bridgehead atoms. The normalized spacial score (nSPS) is 20.0. The Morgan fingerprint density at radius 1 is 1.42 bits per heavy atom. The van der Waals surface area contributed by atoms with Crippen LogP contribution < -0.4 is 5.73 Å². The van der Waals surface area contributed by atoms with E-state index < -0.39 is 0 Å². The van der Waals surface area contributed by atoms with E-state index in [0.29, 0.717) is 29.6 Å². The lowest BCUT2D eigenvalue weighted by molar-refractivity contribution is 0.0743. The summed E-state index contributed by atoms with van der Waals surface area (Å²) in [4.78, 5) is 14.6. The SMILES string of the molecule is CC1CC(CN)CN1C(=O)c1cnn(Cc2ccccc2Cl)c1.Cl. The highest BCUT2D eigenvalue weighted by atomic mass is 35.5. The van der Waals surface area contributed by atoms with Crippen LogP contribution in [0.1, 0.15) is 29.3 Å². The minimum atomic E-state index is 0. The number of benzene rings is 1. The van der Waals surface area contributed by atoms with E-state index in [0.717, 1.165) is 18.5 Å². The van der Waals surface area contributed by atoms with E-state index >= 15 is 0 Å². The summed E-state index contributed by atoms with van der Waals surface area (Å²) in [7, 11) is 0. The number of amides is 1. The van der Waals surface area contributed by atoms with Crippen molar-refractivity contribution in [1.82, 2.24) is 14.7 Å². The van der Waals surface area contributed by atoms with E-state index in [-0.39, 0.29) is 24.4 Å². The molecule has 1 aliphatic rings. The number of carbonyl (C=O) groups is 1. The monoisotopic (exact) mass is 368 g/mol. The molecule has 1 amide bonds. The van der Waals surface area contributed by atoms with E-state index in [1.165, 1.54) is 0 Å². The van der Waals surface area contributed by atoms with Crippen LogP contribution in [0, 0.1) is 5.92 Å². The summed E-state index contributed by atoms with van der Waals surface area (Å²) in [6, 6.07) is 7.87. The topological polar surface area (TPSA) is 64.2 Å². The molecule has 1 aromatic heterocycles. The summed E-state index contributed by atoms with van der Waals surface area (Å²) in [6.07, 6.45) is 4.38. The van der Waals surface area contributed by atoms with Crippen molar-refractivity contribution in [3.63, 3.8) is 0 Å². The number of hydrogen-bond donors (Lipinski definition) is 1. The fourth-order valence-corrected chi connectivity index (χ4v) is 3.32. The number of aromatic nitrogens is 2. The lowest BCUT2D eigenvalue weighted by atomic mass is 10.1. The maximum atomic E-state index is 12.7. The molecule has 2 aromatic rings. The molecule has 2 atom stereocenters. The van der Waals surface area contributed by atoms with Crippen LogP contribution in [0.2, 0.25) is 5.02 Å². The molecule has 7 heteroatoms. The van der Waals surface area contributed by atoms with Gasteiger partial charge in [-0.05, 0) is 37.4 Å². The predicted molar refractivity (Wildman–Crippen MR) is 97.7 cm³/mol. The lowest BCUT2D eigenvalue weighted by Gasteiger charge is -2.20. The van der Waals surface area contributed by atoms with Gasteiger partial charge in [0, 0.05) is 23.8 Å². The molecule has 1 aliphatic heterocycles. The highest BCUT2D eigenvalue weighted by molar-refractivity contribution is 6.31. The number of nitrogens with zero attached hydrogens (tertiary/aromatic N) is 3. The van der Waals surface area contributed by atoms with Gasteiger partial charge in [0.15, 0.2) is 0 Å². The van der Waals surface area contributed by atoms with Crippen LogP contribution in [-0.4, -0.2) is 39.7 Å². The zero-order valence-electron chi connectivity index (χ0n) is 13.6. The van der Waals surface area contributed by atoms with Crippen molar-refractivity contribution in [1.29, 1.82) is 0 Å². The smallest absolute Gasteiger partial charge is 0.257 e. The van der Waals surface area contributed by atoms with Crippen LogP contribution in [-0.2, 0) is 6.54 Å². The van der Waals surface area contributed by atoms with Gasteiger partial charge in [0.25, 0.3) is 5.91 Å². The molecular weight excluding hydrogens is 347 g/mol. The Morgan fingerprint density at radius 3 is 2.83 bits per heavy atom. The first-order valence-corrected chi connectivity index (χ1v) is 8.23. The maximum Gasteiger partial charge on any atom is 0.257 e. The van der Waals surface area contributed by atoms with Crippen molar-refractivity contribution in [3.05, 3.63) is 52.8 Å². The maximum absolute atomic E-state index is 12.7. The first-order valence-electron chi connectivity index (χ1n) is 7.85. The molecule has 3 rings (SSSR count). The highest BCUT2D eigenvalue weighted by Crippen LogP contribution is 2.24. The van der Waals surface area contributed by atoms with Crippen molar-refractivity contribution in [2.75, 3.05) is 13.1 Å². The molecular formula is C17H22Cl2N4O. The fourth-order valence-electron chi connectivity index (χ4n) is 3.12. The van der Waals surface area contributed by atoms with Gasteiger partial charge in [0.05, 0.1) is 18.3 Å². The molecule has 24 heavy (non-hydrogen) atoms. The van der Waals surface area contributed by atoms with Gasteiger partial charge < -0.3 is 10.6 Å². The largest absolute Gasteiger partial charge is 0.336 e. The fraction of sp³-hybridized carbons (Fsp3) is 0.412. The van der Waals surface area contributed by atoms with Crippen LogP contribution in [0.5, 0.6) is 0 Å². The van der Waals surface area contributed by atoms with Gasteiger partial charge in [0.1, 0.15) is 0 Å². The molecule has 2 N–H and O–H groups in total. The minimum Gasteiger partial charge on any atom is -0.336 e. The second-order valence-corrected chi connectivity index (χ2v) is 6.57. The zero-order valence-corrected chi connectivity index (χ0v) is 15.1. The second-order valence-electron chi connectivity index (χ2n) is 6.16. The molecule has 1 fully saturated rings. The zero-order chi connectivity index (χ0) is 16.4. The van der Waals surface area contributed by atoms with Gasteiger partial charge in [-0.3, -0.25) is 9.48 Å². The molecule has 0 saturated carbocycles. The number of likely N-dealkylation sites (tertiary alicyclic amines) is 1. The minimum absolute atomic E-state index is 0. The van der Waals surface area contributed by atoms with E-state index in [1.54, 1.807) is 17.1 Å². The van der Waals surface area contributed by atoms with E-state index in [9.17, 15) is 4.79 Å². The summed E-state index contributed by atoms with van der Waals surface area (Å²) in [6.45, 7) is 3.97. The molecule has 130 valence electrons. The van der Waals surface area contributed by atoms with Gasteiger partial charge in [-0.15, -0.1) is 12.4 Å². The van der Waals surface area contributed by atoms with Crippen LogP contribution in [0.4, 0.5) is 0 Å². The van der Waals surface area contributed by atoms with Gasteiger partial charge >= 0.3 is 0 Å². The molecule has 1 aromatic carbocycles. The number of nitrogens with two attached hydrogens (primary N) is 1. The molecule has 1 saturated heterocycles. The van der Waals surface area contributed by atoms with Gasteiger partial charge in [-0.1, -0.05) is 29.8 Å². The van der Waals surface area contributed by atoms with Crippen molar-refractivity contribution < 1.29 is 4.79 Å². The standard InChI is InChI=1S/C17H21ClN4O.ClH/c1-12-6-13(7-19)9-22(12)17(23)15-8-20-21(11-15)10-14-4-2-3-5-16(14)18;/h2-5,8,11-13H,6-7,9-10,19H2,1H3;1H. The summed E-state index contributed by atoms with van der Waals surface area (Å²) in [5.74, 6) is 0.422. The first kappa shape index (κ1) is 18.8. The molecule has 2 unspecified atom stereocenters. The van der Waals surface area contributed by atoms with Crippen LogP contribution in [0.15, 0.2) is 36.7 Å². The van der Waals surface area contributed by atoms with Crippen molar-refractivity contribution in [2.45, 2.75) is 25.9 Å². The third-order valence-corrected chi connectivity index (χ3v) is 4.79. The molecule has 0 radical (unpaired) electrons. The molecule has 0 aliphatic carbocycles.